The van der Waals surface area contributed by atoms with Crippen LogP contribution in [0.3, 0.4) is 0 Å². The molecule has 1 aliphatic rings. The molecule has 2 aromatic heterocycles. The van der Waals surface area contributed by atoms with Crippen LogP contribution in [-0.2, 0) is 13.1 Å². The van der Waals surface area contributed by atoms with Crippen molar-refractivity contribution in [3.8, 4) is 5.75 Å². The van der Waals surface area contributed by atoms with Crippen LogP contribution in [0.1, 0.15) is 33.0 Å². The molecule has 3 heterocycles. The summed E-state index contributed by atoms with van der Waals surface area (Å²) < 4.78 is 20.8. The van der Waals surface area contributed by atoms with Gasteiger partial charge in [-0.05, 0) is 26.0 Å². The summed E-state index contributed by atoms with van der Waals surface area (Å²) in [5.41, 5.74) is 9.64. The molecule has 1 aliphatic heterocycles. The zero-order chi connectivity index (χ0) is 20.0. The van der Waals surface area contributed by atoms with E-state index in [9.17, 15) is 9.18 Å². The number of fused-ring (bicyclic) bond motifs is 3. The van der Waals surface area contributed by atoms with Crippen molar-refractivity contribution in [2.24, 2.45) is 5.73 Å². The fourth-order valence-corrected chi connectivity index (χ4v) is 3.51. The maximum Gasteiger partial charge on any atom is 0.258 e. The van der Waals surface area contributed by atoms with E-state index in [4.69, 9.17) is 22.1 Å². The molecule has 146 valence electrons. The molecule has 0 fully saturated rings. The SMILES string of the molecule is Cc1nc2c3c(nn2c(C)c1Cl)CN(C(=O)c1ccc(F)cc1OCCN)C3. The quantitative estimate of drug-likeness (QED) is 0.723. The van der Waals surface area contributed by atoms with E-state index >= 15 is 0 Å². The minimum Gasteiger partial charge on any atom is -0.491 e. The number of rotatable bonds is 4. The van der Waals surface area contributed by atoms with Crippen molar-refractivity contribution in [1.29, 1.82) is 0 Å². The standard InChI is InChI=1S/C19H19ClFN5O2/c1-10-17(20)11(2)26-18(23-10)14-8-25(9-15(14)24-26)19(27)13-4-3-12(21)7-16(13)28-6-5-22/h3-4,7H,5-6,8-9,22H2,1-2H3. The third kappa shape index (κ3) is 2.98. The first-order valence-electron chi connectivity index (χ1n) is 8.85. The van der Waals surface area contributed by atoms with Gasteiger partial charge in [0.1, 0.15) is 18.2 Å². The molecule has 7 nitrogen and oxygen atoms in total. The van der Waals surface area contributed by atoms with Gasteiger partial charge in [-0.1, -0.05) is 11.6 Å². The van der Waals surface area contributed by atoms with Crippen LogP contribution >= 0.6 is 11.6 Å². The number of carbonyl (C=O) groups excluding carboxylic acids is 1. The highest BCUT2D eigenvalue weighted by molar-refractivity contribution is 6.31. The van der Waals surface area contributed by atoms with Crippen LogP contribution in [0.5, 0.6) is 5.75 Å². The van der Waals surface area contributed by atoms with Crippen LogP contribution in [-0.4, -0.2) is 38.6 Å². The Morgan fingerprint density at radius 1 is 1.36 bits per heavy atom. The number of nitrogens with zero attached hydrogens (tertiary/aromatic N) is 4. The molecule has 0 aliphatic carbocycles. The number of benzene rings is 1. The molecule has 9 heteroatoms. The highest BCUT2D eigenvalue weighted by Crippen LogP contribution is 2.31. The largest absolute Gasteiger partial charge is 0.491 e. The summed E-state index contributed by atoms with van der Waals surface area (Å²) in [5.74, 6) is -0.547. The monoisotopic (exact) mass is 403 g/mol. The van der Waals surface area contributed by atoms with Gasteiger partial charge >= 0.3 is 0 Å². The number of hydrogen-bond donors (Lipinski definition) is 1. The third-order valence-corrected chi connectivity index (χ3v) is 5.34. The summed E-state index contributed by atoms with van der Waals surface area (Å²) >= 11 is 6.27. The predicted molar refractivity (Wildman–Crippen MR) is 102 cm³/mol. The summed E-state index contributed by atoms with van der Waals surface area (Å²) in [4.78, 5) is 19.2. The summed E-state index contributed by atoms with van der Waals surface area (Å²) in [6, 6.07) is 3.87. The van der Waals surface area contributed by atoms with Gasteiger partial charge in [0.2, 0.25) is 0 Å². The number of ether oxygens (including phenoxy) is 1. The molecular weight excluding hydrogens is 385 g/mol. The zero-order valence-corrected chi connectivity index (χ0v) is 16.3. The minimum absolute atomic E-state index is 0.186. The fourth-order valence-electron chi connectivity index (χ4n) is 3.39. The molecule has 0 unspecified atom stereocenters. The van der Waals surface area contributed by atoms with E-state index in [0.29, 0.717) is 29.3 Å². The Labute approximate surface area is 165 Å². The van der Waals surface area contributed by atoms with Gasteiger partial charge in [-0.3, -0.25) is 4.79 Å². The maximum absolute atomic E-state index is 13.6. The lowest BCUT2D eigenvalue weighted by Gasteiger charge is -2.18. The number of nitrogens with two attached hydrogens (primary N) is 1. The summed E-state index contributed by atoms with van der Waals surface area (Å²) in [5, 5.41) is 5.15. The highest BCUT2D eigenvalue weighted by atomic mass is 35.5. The van der Waals surface area contributed by atoms with Gasteiger partial charge in [0.05, 0.1) is 40.8 Å². The Balaban J connectivity index is 1.66. The normalized spacial score (nSPS) is 13.2. The Morgan fingerprint density at radius 3 is 2.89 bits per heavy atom. The topological polar surface area (TPSA) is 85.8 Å². The molecular formula is C19H19ClFN5O2. The Morgan fingerprint density at radius 2 is 2.14 bits per heavy atom. The van der Waals surface area contributed by atoms with Crippen molar-refractivity contribution in [2.75, 3.05) is 13.2 Å². The molecule has 28 heavy (non-hydrogen) atoms. The van der Waals surface area contributed by atoms with Crippen molar-refractivity contribution in [1.82, 2.24) is 19.5 Å². The van der Waals surface area contributed by atoms with Gasteiger partial charge in [0, 0.05) is 18.2 Å². The van der Waals surface area contributed by atoms with Gasteiger partial charge in [-0.2, -0.15) is 5.10 Å². The average Bonchev–Trinajstić information content (AvgIpc) is 3.23. The Kier molecular flexibility index (Phi) is 4.68. The summed E-state index contributed by atoms with van der Waals surface area (Å²) in [6.45, 7) is 4.88. The van der Waals surface area contributed by atoms with E-state index in [1.807, 2.05) is 13.8 Å². The van der Waals surface area contributed by atoms with Crippen LogP contribution in [0.4, 0.5) is 4.39 Å². The molecule has 0 atom stereocenters. The lowest BCUT2D eigenvalue weighted by Crippen LogP contribution is -2.27. The van der Waals surface area contributed by atoms with Crippen molar-refractivity contribution in [2.45, 2.75) is 26.9 Å². The van der Waals surface area contributed by atoms with E-state index in [1.165, 1.54) is 18.2 Å². The number of carbonyl (C=O) groups is 1. The van der Waals surface area contributed by atoms with Crippen LogP contribution in [0.15, 0.2) is 18.2 Å². The predicted octanol–water partition coefficient (Wildman–Crippen LogP) is 2.63. The fraction of sp³-hybridized carbons (Fsp3) is 0.316. The van der Waals surface area contributed by atoms with Gasteiger partial charge in [-0.15, -0.1) is 0 Å². The van der Waals surface area contributed by atoms with E-state index in [1.54, 1.807) is 9.42 Å². The van der Waals surface area contributed by atoms with Gasteiger partial charge < -0.3 is 15.4 Å². The Hall–Kier alpha value is -2.71. The van der Waals surface area contributed by atoms with Gasteiger partial charge in [0.25, 0.3) is 5.91 Å². The molecule has 3 aromatic rings. The van der Waals surface area contributed by atoms with E-state index < -0.39 is 5.82 Å². The average molecular weight is 404 g/mol. The lowest BCUT2D eigenvalue weighted by atomic mass is 10.1. The number of hydrogen-bond acceptors (Lipinski definition) is 5. The van der Waals surface area contributed by atoms with Gasteiger partial charge in [0.15, 0.2) is 5.65 Å². The van der Waals surface area contributed by atoms with Crippen LogP contribution < -0.4 is 10.5 Å². The number of amides is 1. The van der Waals surface area contributed by atoms with Crippen molar-refractivity contribution >= 4 is 23.2 Å². The number of aryl methyl sites for hydroxylation is 2. The zero-order valence-electron chi connectivity index (χ0n) is 15.5. The van der Waals surface area contributed by atoms with Crippen molar-refractivity contribution < 1.29 is 13.9 Å². The van der Waals surface area contributed by atoms with Crippen LogP contribution in [0.2, 0.25) is 5.02 Å². The summed E-state index contributed by atoms with van der Waals surface area (Å²) in [6.07, 6.45) is 0. The third-order valence-electron chi connectivity index (χ3n) is 4.79. The number of aromatic nitrogens is 3. The van der Waals surface area contributed by atoms with Crippen molar-refractivity contribution in [3.63, 3.8) is 0 Å². The Bertz CT molecular complexity index is 1100. The highest BCUT2D eigenvalue weighted by Gasteiger charge is 2.31. The first-order chi connectivity index (χ1) is 13.4. The second-order valence-corrected chi connectivity index (χ2v) is 7.07. The lowest BCUT2D eigenvalue weighted by molar-refractivity contribution is 0.0745. The first-order valence-corrected chi connectivity index (χ1v) is 9.23. The van der Waals surface area contributed by atoms with E-state index in [-0.39, 0.29) is 24.8 Å². The molecule has 0 saturated carbocycles. The second kappa shape index (κ2) is 7.03. The smallest absolute Gasteiger partial charge is 0.258 e. The van der Waals surface area contributed by atoms with Crippen LogP contribution in [0.25, 0.3) is 5.65 Å². The minimum atomic E-state index is -0.474. The molecule has 2 N–H and O–H groups in total. The van der Waals surface area contributed by atoms with E-state index in [2.05, 4.69) is 10.1 Å². The molecule has 0 spiro atoms. The van der Waals surface area contributed by atoms with Crippen LogP contribution in [0, 0.1) is 19.7 Å². The molecule has 1 amide bonds. The molecule has 0 bridgehead atoms. The summed E-state index contributed by atoms with van der Waals surface area (Å²) in [7, 11) is 0. The van der Waals surface area contributed by atoms with E-state index in [0.717, 1.165) is 22.6 Å². The molecule has 0 radical (unpaired) electrons. The van der Waals surface area contributed by atoms with Crippen molar-refractivity contribution in [3.05, 3.63) is 57.2 Å². The molecule has 1 aromatic carbocycles. The first kappa shape index (κ1) is 18.6. The molecule has 4 rings (SSSR count). The second-order valence-electron chi connectivity index (χ2n) is 6.70. The number of halogens is 2. The maximum atomic E-state index is 13.6. The van der Waals surface area contributed by atoms with Gasteiger partial charge in [-0.25, -0.2) is 13.9 Å². The molecule has 0 saturated heterocycles.